The third-order valence-electron chi connectivity index (χ3n) is 3.20. The highest BCUT2D eigenvalue weighted by atomic mass is 79.9. The van der Waals surface area contributed by atoms with Crippen LogP contribution in [-0.2, 0) is 12.8 Å². The van der Waals surface area contributed by atoms with Gasteiger partial charge in [-0.25, -0.2) is 0 Å². The number of fused-ring (bicyclic) bond motifs is 2. The minimum Gasteiger partial charge on any atom is -0.489 e. The zero-order valence-electron chi connectivity index (χ0n) is 9.34. The van der Waals surface area contributed by atoms with Gasteiger partial charge in [-0.15, -0.1) is 0 Å². The van der Waals surface area contributed by atoms with E-state index < -0.39 is 0 Å². The molecule has 0 bridgehead atoms. The van der Waals surface area contributed by atoms with Crippen LogP contribution in [0.15, 0.2) is 4.47 Å². The summed E-state index contributed by atoms with van der Waals surface area (Å²) in [7, 11) is 0. The fourth-order valence-electron chi connectivity index (χ4n) is 2.49. The van der Waals surface area contributed by atoms with Gasteiger partial charge in [0.05, 0.1) is 10.2 Å². The number of halogens is 1. The van der Waals surface area contributed by atoms with Gasteiger partial charge in [0.2, 0.25) is 0 Å². The molecule has 0 spiro atoms. The molecule has 0 aliphatic carbocycles. The number of nitrogen functional groups attached to an aromatic ring is 1. The lowest BCUT2D eigenvalue weighted by Crippen LogP contribution is -2.07. The average Bonchev–Trinajstić information content (AvgIpc) is 2.78. The lowest BCUT2D eigenvalue weighted by Gasteiger charge is -2.11. The Morgan fingerprint density at radius 1 is 1.06 bits per heavy atom. The second-order valence-electron chi connectivity index (χ2n) is 4.61. The second kappa shape index (κ2) is 3.29. The van der Waals surface area contributed by atoms with Crippen LogP contribution in [0.2, 0.25) is 0 Å². The van der Waals surface area contributed by atoms with Crippen molar-refractivity contribution in [3.63, 3.8) is 0 Å². The number of ether oxygens (including phenoxy) is 2. The van der Waals surface area contributed by atoms with Crippen molar-refractivity contribution >= 4 is 21.6 Å². The van der Waals surface area contributed by atoms with Gasteiger partial charge >= 0.3 is 0 Å². The third kappa shape index (κ3) is 1.25. The standard InChI is InChI=1S/C12H14BrNO2/c1-5-3-7-9(13)11-8(4-6(2)15-11)10(14)12(7)16-5/h5-6H,3-4,14H2,1-2H3. The first-order chi connectivity index (χ1) is 7.58. The monoisotopic (exact) mass is 283 g/mol. The lowest BCUT2D eigenvalue weighted by atomic mass is 10.0. The van der Waals surface area contributed by atoms with E-state index in [1.165, 1.54) is 0 Å². The molecule has 86 valence electrons. The molecule has 2 aliphatic heterocycles. The highest BCUT2D eigenvalue weighted by Gasteiger charge is 2.33. The summed E-state index contributed by atoms with van der Waals surface area (Å²) in [5.74, 6) is 1.78. The van der Waals surface area contributed by atoms with Crippen LogP contribution in [0, 0.1) is 0 Å². The van der Waals surface area contributed by atoms with E-state index in [9.17, 15) is 0 Å². The summed E-state index contributed by atoms with van der Waals surface area (Å²) in [5.41, 5.74) is 9.16. The van der Waals surface area contributed by atoms with E-state index in [0.717, 1.165) is 45.6 Å². The number of hydrogen-bond donors (Lipinski definition) is 1. The fraction of sp³-hybridized carbons (Fsp3) is 0.500. The van der Waals surface area contributed by atoms with Gasteiger partial charge in [-0.1, -0.05) is 0 Å². The molecule has 1 aromatic carbocycles. The summed E-state index contributed by atoms with van der Waals surface area (Å²) in [6, 6.07) is 0. The number of rotatable bonds is 0. The Labute approximate surface area is 103 Å². The zero-order valence-corrected chi connectivity index (χ0v) is 10.9. The van der Waals surface area contributed by atoms with Crippen molar-refractivity contribution in [3.8, 4) is 11.5 Å². The van der Waals surface area contributed by atoms with Gasteiger partial charge < -0.3 is 15.2 Å². The van der Waals surface area contributed by atoms with Crippen LogP contribution in [-0.4, -0.2) is 12.2 Å². The van der Waals surface area contributed by atoms with E-state index in [1.807, 2.05) is 0 Å². The van der Waals surface area contributed by atoms with Crippen molar-refractivity contribution in [1.29, 1.82) is 0 Å². The SMILES string of the molecule is CC1Cc2c(Br)c3c(c(N)c2O1)CC(C)O3. The van der Waals surface area contributed by atoms with Crippen molar-refractivity contribution in [3.05, 3.63) is 15.6 Å². The quantitative estimate of drug-likeness (QED) is 0.745. The summed E-state index contributed by atoms with van der Waals surface area (Å²) in [4.78, 5) is 0. The van der Waals surface area contributed by atoms with Crippen LogP contribution in [0.25, 0.3) is 0 Å². The Balaban J connectivity index is 2.22. The number of anilines is 1. The Bertz CT molecular complexity index is 393. The fourth-order valence-corrected chi connectivity index (χ4v) is 3.17. The van der Waals surface area contributed by atoms with Gasteiger partial charge in [0.25, 0.3) is 0 Å². The van der Waals surface area contributed by atoms with Gasteiger partial charge in [-0.05, 0) is 29.8 Å². The molecule has 4 heteroatoms. The highest BCUT2D eigenvalue weighted by molar-refractivity contribution is 9.10. The largest absolute Gasteiger partial charge is 0.489 e. The predicted molar refractivity (Wildman–Crippen MR) is 66.1 cm³/mol. The maximum Gasteiger partial charge on any atom is 0.147 e. The second-order valence-corrected chi connectivity index (χ2v) is 5.40. The zero-order chi connectivity index (χ0) is 11.4. The maximum atomic E-state index is 6.15. The van der Waals surface area contributed by atoms with Gasteiger partial charge in [0.1, 0.15) is 23.7 Å². The summed E-state index contributed by atoms with van der Waals surface area (Å²) < 4.78 is 12.6. The summed E-state index contributed by atoms with van der Waals surface area (Å²) in [6.07, 6.45) is 2.16. The van der Waals surface area contributed by atoms with Gasteiger partial charge in [0, 0.05) is 24.0 Å². The van der Waals surface area contributed by atoms with Gasteiger partial charge in [-0.2, -0.15) is 0 Å². The van der Waals surface area contributed by atoms with Crippen molar-refractivity contribution in [2.24, 2.45) is 0 Å². The van der Waals surface area contributed by atoms with Crippen molar-refractivity contribution < 1.29 is 9.47 Å². The Kier molecular flexibility index (Phi) is 2.11. The highest BCUT2D eigenvalue weighted by Crippen LogP contribution is 2.50. The molecule has 0 fully saturated rings. The van der Waals surface area contributed by atoms with Crippen LogP contribution in [0.3, 0.4) is 0 Å². The molecule has 0 radical (unpaired) electrons. The third-order valence-corrected chi connectivity index (χ3v) is 4.04. The molecule has 0 amide bonds. The van der Waals surface area contributed by atoms with Crippen LogP contribution in [0.1, 0.15) is 25.0 Å². The van der Waals surface area contributed by atoms with Crippen LogP contribution in [0.5, 0.6) is 11.5 Å². The Morgan fingerprint density at radius 3 is 2.31 bits per heavy atom. The van der Waals surface area contributed by atoms with Crippen LogP contribution in [0.4, 0.5) is 5.69 Å². The smallest absolute Gasteiger partial charge is 0.147 e. The van der Waals surface area contributed by atoms with Crippen LogP contribution >= 0.6 is 15.9 Å². The molecule has 3 nitrogen and oxygen atoms in total. The van der Waals surface area contributed by atoms with E-state index in [4.69, 9.17) is 15.2 Å². The number of hydrogen-bond acceptors (Lipinski definition) is 3. The molecule has 0 saturated carbocycles. The van der Waals surface area contributed by atoms with E-state index in [1.54, 1.807) is 0 Å². The van der Waals surface area contributed by atoms with E-state index in [0.29, 0.717) is 0 Å². The molecule has 16 heavy (non-hydrogen) atoms. The first-order valence-corrected chi connectivity index (χ1v) is 6.33. The number of benzene rings is 1. The molecular weight excluding hydrogens is 270 g/mol. The minimum atomic E-state index is 0.202. The summed E-state index contributed by atoms with van der Waals surface area (Å²) in [5, 5.41) is 0. The number of nitrogens with two attached hydrogens (primary N) is 1. The molecule has 2 unspecified atom stereocenters. The van der Waals surface area contributed by atoms with Crippen LogP contribution < -0.4 is 15.2 Å². The van der Waals surface area contributed by atoms with E-state index in [-0.39, 0.29) is 12.2 Å². The lowest BCUT2D eigenvalue weighted by molar-refractivity contribution is 0.253. The average molecular weight is 284 g/mol. The molecule has 2 aliphatic rings. The van der Waals surface area contributed by atoms with Gasteiger partial charge in [-0.3, -0.25) is 0 Å². The first-order valence-electron chi connectivity index (χ1n) is 5.54. The van der Waals surface area contributed by atoms with Gasteiger partial charge in [0.15, 0.2) is 0 Å². The topological polar surface area (TPSA) is 44.5 Å². The molecule has 0 saturated heterocycles. The van der Waals surface area contributed by atoms with Crippen molar-refractivity contribution in [1.82, 2.24) is 0 Å². The predicted octanol–water partition coefficient (Wildman–Crippen LogP) is 2.68. The molecule has 2 heterocycles. The summed E-state index contributed by atoms with van der Waals surface area (Å²) >= 11 is 3.61. The first kappa shape index (κ1) is 10.3. The maximum absolute atomic E-state index is 6.15. The van der Waals surface area contributed by atoms with Crippen molar-refractivity contribution in [2.75, 3.05) is 5.73 Å². The van der Waals surface area contributed by atoms with E-state index >= 15 is 0 Å². The van der Waals surface area contributed by atoms with E-state index in [2.05, 4.69) is 29.8 Å². The molecule has 2 atom stereocenters. The Morgan fingerprint density at radius 2 is 1.62 bits per heavy atom. The molecule has 0 aromatic heterocycles. The summed E-state index contributed by atoms with van der Waals surface area (Å²) in [6.45, 7) is 4.11. The Hall–Kier alpha value is -0.900. The van der Waals surface area contributed by atoms with Crippen molar-refractivity contribution in [2.45, 2.75) is 38.9 Å². The molecule has 3 rings (SSSR count). The molecular formula is C12H14BrNO2. The molecule has 2 N–H and O–H groups in total. The normalized spacial score (nSPS) is 25.9. The molecule has 1 aromatic rings. The minimum absolute atomic E-state index is 0.202.